The van der Waals surface area contributed by atoms with Crippen LogP contribution in [0.4, 0.5) is 5.69 Å². The summed E-state index contributed by atoms with van der Waals surface area (Å²) in [5.41, 5.74) is 1.52. The molecule has 24 heavy (non-hydrogen) atoms. The third-order valence-corrected chi connectivity index (χ3v) is 3.72. The largest absolute Gasteiger partial charge is 0.346 e. The Morgan fingerprint density at radius 3 is 2.79 bits per heavy atom. The highest BCUT2D eigenvalue weighted by molar-refractivity contribution is 6.02. The summed E-state index contributed by atoms with van der Waals surface area (Å²) < 4.78 is 0. The fourth-order valence-electron chi connectivity index (χ4n) is 2.61. The fraction of sp³-hybridized carbons (Fsp3) is 0.312. The van der Waals surface area contributed by atoms with Gasteiger partial charge in [-0.3, -0.25) is 14.6 Å². The summed E-state index contributed by atoms with van der Waals surface area (Å²) in [5, 5.41) is 9.46. The predicted octanol–water partition coefficient (Wildman–Crippen LogP) is 1.89. The number of aromatic nitrogens is 1. The molecule has 3 N–H and O–H groups in total. The van der Waals surface area contributed by atoms with E-state index in [0.29, 0.717) is 5.69 Å². The van der Waals surface area contributed by atoms with Gasteiger partial charge in [-0.25, -0.2) is 0 Å². The maximum absolute atomic E-state index is 12.0. The van der Waals surface area contributed by atoms with Crippen LogP contribution >= 0.6 is 24.8 Å². The van der Waals surface area contributed by atoms with E-state index < -0.39 is 0 Å². The van der Waals surface area contributed by atoms with E-state index in [9.17, 15) is 9.59 Å². The number of anilines is 1. The minimum Gasteiger partial charge on any atom is -0.346 e. The van der Waals surface area contributed by atoms with Crippen LogP contribution in [-0.2, 0) is 9.59 Å². The number of halogens is 2. The number of rotatable bonds is 4. The topological polar surface area (TPSA) is 83.1 Å². The standard InChI is InChI=1S/C16H18N4O2.2ClH/c21-15(10-19-16(22)14-7-3-9-18-14)20-13-6-1-5-12-11(13)4-2-8-17-12;;/h1-2,4-6,8,14,18H,3,7,9-10H2,(H,19,22)(H,20,21);2*1H. The molecular weight excluding hydrogens is 351 g/mol. The van der Waals surface area contributed by atoms with Crippen LogP contribution in [0, 0.1) is 0 Å². The zero-order chi connectivity index (χ0) is 15.4. The van der Waals surface area contributed by atoms with Gasteiger partial charge in [0.05, 0.1) is 23.8 Å². The molecule has 1 unspecified atom stereocenters. The number of hydrogen-bond donors (Lipinski definition) is 3. The smallest absolute Gasteiger partial charge is 0.243 e. The average Bonchev–Trinajstić information content (AvgIpc) is 3.07. The molecule has 0 saturated carbocycles. The van der Waals surface area contributed by atoms with Gasteiger partial charge in [-0.1, -0.05) is 6.07 Å². The van der Waals surface area contributed by atoms with E-state index in [-0.39, 0.29) is 49.2 Å². The fourth-order valence-corrected chi connectivity index (χ4v) is 2.61. The van der Waals surface area contributed by atoms with Crippen molar-refractivity contribution in [2.75, 3.05) is 18.4 Å². The molecule has 2 aromatic rings. The van der Waals surface area contributed by atoms with Crippen molar-refractivity contribution in [1.82, 2.24) is 15.6 Å². The Hall–Kier alpha value is -1.89. The van der Waals surface area contributed by atoms with Crippen molar-refractivity contribution in [3.05, 3.63) is 36.5 Å². The van der Waals surface area contributed by atoms with Crippen LogP contribution in [-0.4, -0.2) is 35.9 Å². The molecule has 0 radical (unpaired) electrons. The summed E-state index contributed by atoms with van der Waals surface area (Å²) in [6.07, 6.45) is 3.53. The Morgan fingerprint density at radius 2 is 2.04 bits per heavy atom. The third-order valence-electron chi connectivity index (χ3n) is 3.72. The molecule has 1 aromatic heterocycles. The van der Waals surface area contributed by atoms with Crippen LogP contribution in [0.15, 0.2) is 36.5 Å². The van der Waals surface area contributed by atoms with E-state index in [1.807, 2.05) is 30.3 Å². The molecule has 1 aliphatic heterocycles. The van der Waals surface area contributed by atoms with Gasteiger partial charge in [0, 0.05) is 11.6 Å². The number of carbonyl (C=O) groups is 2. The Bertz CT molecular complexity index is 700. The van der Waals surface area contributed by atoms with Crippen LogP contribution < -0.4 is 16.0 Å². The number of carbonyl (C=O) groups excluding carboxylic acids is 2. The first-order valence-corrected chi connectivity index (χ1v) is 7.39. The van der Waals surface area contributed by atoms with Crippen LogP contribution in [0.2, 0.25) is 0 Å². The van der Waals surface area contributed by atoms with E-state index >= 15 is 0 Å². The number of pyridine rings is 1. The van der Waals surface area contributed by atoms with Gasteiger partial charge in [-0.15, -0.1) is 24.8 Å². The maximum Gasteiger partial charge on any atom is 0.243 e. The molecule has 3 rings (SSSR count). The second-order valence-corrected chi connectivity index (χ2v) is 5.29. The van der Waals surface area contributed by atoms with E-state index in [0.717, 1.165) is 30.3 Å². The molecule has 1 aliphatic rings. The molecule has 2 heterocycles. The van der Waals surface area contributed by atoms with Crippen molar-refractivity contribution >= 4 is 53.2 Å². The molecule has 6 nitrogen and oxygen atoms in total. The summed E-state index contributed by atoms with van der Waals surface area (Å²) in [5.74, 6) is -0.366. The van der Waals surface area contributed by atoms with Crippen molar-refractivity contribution in [2.45, 2.75) is 18.9 Å². The van der Waals surface area contributed by atoms with Crippen LogP contribution in [0.25, 0.3) is 10.9 Å². The van der Waals surface area contributed by atoms with Crippen LogP contribution in [0.5, 0.6) is 0 Å². The molecule has 0 bridgehead atoms. The monoisotopic (exact) mass is 370 g/mol. The first-order valence-electron chi connectivity index (χ1n) is 7.39. The highest BCUT2D eigenvalue weighted by Crippen LogP contribution is 2.20. The average molecular weight is 371 g/mol. The first kappa shape index (κ1) is 20.2. The highest BCUT2D eigenvalue weighted by atomic mass is 35.5. The van der Waals surface area contributed by atoms with Gasteiger partial charge in [0.15, 0.2) is 0 Å². The summed E-state index contributed by atoms with van der Waals surface area (Å²) in [7, 11) is 0. The summed E-state index contributed by atoms with van der Waals surface area (Å²) in [6, 6.07) is 9.10. The van der Waals surface area contributed by atoms with E-state index in [1.54, 1.807) is 6.20 Å². The second kappa shape index (κ2) is 9.42. The van der Waals surface area contributed by atoms with Crippen molar-refractivity contribution in [1.29, 1.82) is 0 Å². The van der Waals surface area contributed by atoms with Gasteiger partial charge in [0.25, 0.3) is 0 Å². The molecule has 1 fully saturated rings. The van der Waals surface area contributed by atoms with Crippen molar-refractivity contribution in [3.8, 4) is 0 Å². The zero-order valence-electron chi connectivity index (χ0n) is 13.0. The van der Waals surface area contributed by atoms with Gasteiger partial charge in [0.1, 0.15) is 0 Å². The number of benzene rings is 1. The summed E-state index contributed by atoms with van der Waals surface area (Å²) in [6.45, 7) is 0.820. The SMILES string of the molecule is Cl.Cl.O=C(CNC(=O)C1CCCN1)Nc1cccc2ncccc12. The zero-order valence-corrected chi connectivity index (χ0v) is 14.6. The van der Waals surface area contributed by atoms with Gasteiger partial charge < -0.3 is 16.0 Å². The number of hydrogen-bond acceptors (Lipinski definition) is 4. The number of nitrogens with one attached hydrogen (secondary N) is 3. The molecule has 0 aliphatic carbocycles. The first-order chi connectivity index (χ1) is 10.7. The highest BCUT2D eigenvalue weighted by Gasteiger charge is 2.22. The number of fused-ring (bicyclic) bond motifs is 1. The minimum absolute atomic E-state index is 0. The van der Waals surface area contributed by atoms with Gasteiger partial charge in [0.2, 0.25) is 11.8 Å². The van der Waals surface area contributed by atoms with Crippen LogP contribution in [0.1, 0.15) is 12.8 Å². The Labute approximate surface area is 152 Å². The normalized spacial score (nSPS) is 15.9. The molecular formula is C16H20Cl2N4O2. The molecule has 130 valence electrons. The van der Waals surface area contributed by atoms with Gasteiger partial charge >= 0.3 is 0 Å². The van der Waals surface area contributed by atoms with E-state index in [1.165, 1.54) is 0 Å². The number of amides is 2. The van der Waals surface area contributed by atoms with Crippen molar-refractivity contribution < 1.29 is 9.59 Å². The lowest BCUT2D eigenvalue weighted by Gasteiger charge is -2.12. The van der Waals surface area contributed by atoms with E-state index in [2.05, 4.69) is 20.9 Å². The molecule has 0 spiro atoms. The molecule has 1 saturated heterocycles. The molecule has 1 aromatic carbocycles. The van der Waals surface area contributed by atoms with E-state index in [4.69, 9.17) is 0 Å². The predicted molar refractivity (Wildman–Crippen MR) is 98.9 cm³/mol. The molecule has 1 atom stereocenters. The summed E-state index contributed by atoms with van der Waals surface area (Å²) >= 11 is 0. The molecule has 2 amide bonds. The Morgan fingerprint density at radius 1 is 1.21 bits per heavy atom. The lowest BCUT2D eigenvalue weighted by atomic mass is 10.2. The summed E-state index contributed by atoms with van der Waals surface area (Å²) in [4.78, 5) is 28.1. The lowest BCUT2D eigenvalue weighted by molar-refractivity contribution is -0.125. The third kappa shape index (κ3) is 4.80. The van der Waals surface area contributed by atoms with Gasteiger partial charge in [-0.2, -0.15) is 0 Å². The Kier molecular flexibility index (Phi) is 7.91. The Balaban J connectivity index is 0.00000144. The number of nitrogens with zero attached hydrogens (tertiary/aromatic N) is 1. The lowest BCUT2D eigenvalue weighted by Crippen LogP contribution is -2.43. The van der Waals surface area contributed by atoms with Crippen molar-refractivity contribution in [3.63, 3.8) is 0 Å². The molecule has 8 heteroatoms. The quantitative estimate of drug-likeness (QED) is 0.767. The van der Waals surface area contributed by atoms with Gasteiger partial charge in [-0.05, 0) is 43.7 Å². The van der Waals surface area contributed by atoms with Crippen molar-refractivity contribution in [2.24, 2.45) is 0 Å². The van der Waals surface area contributed by atoms with Crippen LogP contribution in [0.3, 0.4) is 0 Å². The second-order valence-electron chi connectivity index (χ2n) is 5.29. The minimum atomic E-state index is -0.248. The maximum atomic E-state index is 12.0.